The molecule has 0 saturated heterocycles. The topological polar surface area (TPSA) is 46.5 Å². The summed E-state index contributed by atoms with van der Waals surface area (Å²) < 4.78 is 6.24. The molecule has 4 aliphatic rings. The van der Waals surface area contributed by atoms with Crippen molar-refractivity contribution in [3.63, 3.8) is 0 Å². The highest BCUT2D eigenvalue weighted by molar-refractivity contribution is 5.81. The van der Waals surface area contributed by atoms with Crippen molar-refractivity contribution in [2.75, 3.05) is 6.61 Å². The third-order valence-electron chi connectivity index (χ3n) is 9.36. The van der Waals surface area contributed by atoms with Crippen LogP contribution in [0, 0.1) is 34.5 Å². The minimum atomic E-state index is -0.517. The number of rotatable bonds is 4. The van der Waals surface area contributed by atoms with E-state index < -0.39 is 5.60 Å². The molecule has 0 radical (unpaired) electrons. The predicted molar refractivity (Wildman–Crippen MR) is 112 cm³/mol. The second kappa shape index (κ2) is 6.94. The molecule has 3 fully saturated rings. The standard InChI is InChI=1S/C25H40O3/c1-16(2)21(26)15-28-22-9-8-19-18-7-6-17-14-23(3,27)12-13-24(17,4)20(18)10-11-25(19,22)5/h6,16,18-20,22,27H,7-15H2,1-5H3/t18?,19?,20?,22?,23-,24?,25?/m0/s1. The molecule has 0 spiro atoms. The van der Waals surface area contributed by atoms with E-state index in [1.54, 1.807) is 0 Å². The van der Waals surface area contributed by atoms with Crippen LogP contribution < -0.4 is 0 Å². The number of ketones is 1. The van der Waals surface area contributed by atoms with Gasteiger partial charge >= 0.3 is 0 Å². The van der Waals surface area contributed by atoms with Crippen LogP contribution in [0.3, 0.4) is 0 Å². The maximum absolute atomic E-state index is 12.1. The Kier molecular flexibility index (Phi) is 5.11. The summed E-state index contributed by atoms with van der Waals surface area (Å²) in [6.07, 6.45) is 11.7. The SMILES string of the molecule is CC(C)C(=O)COC1CCC2C3CC=C4C[C@@](C)(O)CCC4(C)C3CCC12C. The van der Waals surface area contributed by atoms with Gasteiger partial charge in [-0.15, -0.1) is 0 Å². The fraction of sp³-hybridized carbons (Fsp3) is 0.880. The van der Waals surface area contributed by atoms with Crippen LogP contribution >= 0.6 is 0 Å². The van der Waals surface area contributed by atoms with E-state index in [1.807, 2.05) is 20.8 Å². The van der Waals surface area contributed by atoms with Crippen LogP contribution in [0.1, 0.15) is 86.0 Å². The smallest absolute Gasteiger partial charge is 0.160 e. The van der Waals surface area contributed by atoms with Crippen molar-refractivity contribution in [2.45, 2.75) is 97.7 Å². The number of hydrogen-bond acceptors (Lipinski definition) is 3. The molecule has 28 heavy (non-hydrogen) atoms. The fourth-order valence-corrected chi connectivity index (χ4v) is 7.38. The first kappa shape index (κ1) is 20.6. The van der Waals surface area contributed by atoms with Gasteiger partial charge in [-0.05, 0) is 86.9 Å². The lowest BCUT2D eigenvalue weighted by molar-refractivity contribution is -0.135. The van der Waals surface area contributed by atoms with Gasteiger partial charge in [0.15, 0.2) is 5.78 Å². The fourth-order valence-electron chi connectivity index (χ4n) is 7.38. The average Bonchev–Trinajstić information content (AvgIpc) is 2.96. The van der Waals surface area contributed by atoms with Crippen LogP contribution in [0.5, 0.6) is 0 Å². The Morgan fingerprint density at radius 2 is 1.89 bits per heavy atom. The number of Topliss-reactive ketones (excluding diaryl/α,β-unsaturated/α-hetero) is 1. The molecule has 0 bridgehead atoms. The van der Waals surface area contributed by atoms with E-state index in [-0.39, 0.29) is 35.2 Å². The summed E-state index contributed by atoms with van der Waals surface area (Å²) in [5.41, 5.74) is 1.51. The van der Waals surface area contributed by atoms with E-state index >= 15 is 0 Å². The largest absolute Gasteiger partial charge is 0.390 e. The third kappa shape index (κ3) is 3.21. The van der Waals surface area contributed by atoms with Gasteiger partial charge in [0.05, 0.1) is 11.7 Å². The summed E-state index contributed by atoms with van der Waals surface area (Å²) >= 11 is 0. The molecule has 4 rings (SSSR count). The molecule has 3 heteroatoms. The molecule has 0 heterocycles. The van der Waals surface area contributed by atoms with Crippen molar-refractivity contribution in [1.82, 2.24) is 0 Å². The van der Waals surface area contributed by atoms with E-state index in [2.05, 4.69) is 19.9 Å². The van der Waals surface area contributed by atoms with Crippen LogP contribution in [0.15, 0.2) is 11.6 Å². The Bertz CT molecular complexity index is 663. The molecule has 0 aromatic heterocycles. The highest BCUT2D eigenvalue weighted by Crippen LogP contribution is 2.65. The molecule has 0 aromatic rings. The Morgan fingerprint density at radius 3 is 2.61 bits per heavy atom. The van der Waals surface area contributed by atoms with Gasteiger partial charge in [0.25, 0.3) is 0 Å². The van der Waals surface area contributed by atoms with E-state index in [4.69, 9.17) is 4.74 Å². The Morgan fingerprint density at radius 1 is 1.14 bits per heavy atom. The molecule has 4 aliphatic carbocycles. The van der Waals surface area contributed by atoms with Crippen LogP contribution in [0.2, 0.25) is 0 Å². The molecule has 0 aromatic carbocycles. The second-order valence-electron chi connectivity index (χ2n) is 11.5. The zero-order valence-electron chi connectivity index (χ0n) is 18.6. The zero-order valence-corrected chi connectivity index (χ0v) is 18.6. The van der Waals surface area contributed by atoms with E-state index in [1.165, 1.54) is 31.3 Å². The molecular weight excluding hydrogens is 348 g/mol. The maximum Gasteiger partial charge on any atom is 0.160 e. The van der Waals surface area contributed by atoms with Crippen LogP contribution in [0.4, 0.5) is 0 Å². The number of carbonyl (C=O) groups is 1. The molecule has 158 valence electrons. The minimum Gasteiger partial charge on any atom is -0.390 e. The number of fused-ring (bicyclic) bond motifs is 5. The summed E-state index contributed by atoms with van der Waals surface area (Å²) in [6.45, 7) is 11.1. The Labute approximate surface area is 171 Å². The van der Waals surface area contributed by atoms with Gasteiger partial charge in [0.2, 0.25) is 0 Å². The highest BCUT2D eigenvalue weighted by Gasteiger charge is 2.59. The zero-order chi connectivity index (χ0) is 20.3. The second-order valence-corrected chi connectivity index (χ2v) is 11.5. The summed E-state index contributed by atoms with van der Waals surface area (Å²) in [6, 6.07) is 0. The van der Waals surface area contributed by atoms with E-state index in [0.29, 0.717) is 5.92 Å². The maximum atomic E-state index is 12.1. The molecular formula is C25H40O3. The van der Waals surface area contributed by atoms with Gasteiger partial charge in [0, 0.05) is 5.92 Å². The Balaban J connectivity index is 1.52. The first-order valence-corrected chi connectivity index (χ1v) is 11.6. The van der Waals surface area contributed by atoms with Gasteiger partial charge in [-0.2, -0.15) is 0 Å². The van der Waals surface area contributed by atoms with Gasteiger partial charge in [0.1, 0.15) is 6.61 Å². The van der Waals surface area contributed by atoms with Crippen molar-refractivity contribution in [2.24, 2.45) is 34.5 Å². The summed E-state index contributed by atoms with van der Waals surface area (Å²) in [7, 11) is 0. The Hall–Kier alpha value is -0.670. The molecule has 0 aliphatic heterocycles. The lowest BCUT2D eigenvalue weighted by Gasteiger charge is -2.58. The number of carbonyl (C=O) groups excluding carboxylic acids is 1. The summed E-state index contributed by atoms with van der Waals surface area (Å²) in [4.78, 5) is 12.1. The predicted octanol–water partition coefficient (Wildman–Crippen LogP) is 5.31. The quantitative estimate of drug-likeness (QED) is 0.664. The molecule has 6 unspecified atom stereocenters. The van der Waals surface area contributed by atoms with E-state index in [0.717, 1.165) is 37.5 Å². The highest BCUT2D eigenvalue weighted by atomic mass is 16.5. The van der Waals surface area contributed by atoms with Crippen LogP contribution in [-0.4, -0.2) is 29.2 Å². The number of aliphatic hydroxyl groups is 1. The molecule has 7 atom stereocenters. The lowest BCUT2D eigenvalue weighted by atomic mass is 9.47. The van der Waals surface area contributed by atoms with Gasteiger partial charge in [-0.3, -0.25) is 4.79 Å². The molecule has 1 N–H and O–H groups in total. The lowest BCUT2D eigenvalue weighted by Crippen LogP contribution is -2.52. The number of hydrogen-bond donors (Lipinski definition) is 1. The summed E-state index contributed by atoms with van der Waals surface area (Å²) in [5.74, 6) is 2.49. The third-order valence-corrected chi connectivity index (χ3v) is 9.36. The van der Waals surface area contributed by atoms with Crippen molar-refractivity contribution in [3.8, 4) is 0 Å². The normalized spacial score (nSPS) is 47.9. The van der Waals surface area contributed by atoms with E-state index in [9.17, 15) is 9.90 Å². The first-order valence-electron chi connectivity index (χ1n) is 11.6. The summed E-state index contributed by atoms with van der Waals surface area (Å²) in [5, 5.41) is 10.6. The van der Waals surface area contributed by atoms with Crippen molar-refractivity contribution >= 4 is 5.78 Å². The first-order chi connectivity index (χ1) is 13.1. The van der Waals surface area contributed by atoms with Crippen LogP contribution in [-0.2, 0) is 9.53 Å². The van der Waals surface area contributed by atoms with Gasteiger partial charge in [-0.25, -0.2) is 0 Å². The van der Waals surface area contributed by atoms with Crippen molar-refractivity contribution < 1.29 is 14.6 Å². The van der Waals surface area contributed by atoms with Crippen molar-refractivity contribution in [3.05, 3.63) is 11.6 Å². The van der Waals surface area contributed by atoms with Gasteiger partial charge < -0.3 is 9.84 Å². The number of ether oxygens (including phenoxy) is 1. The monoisotopic (exact) mass is 388 g/mol. The minimum absolute atomic E-state index is 0.0612. The molecule has 0 amide bonds. The molecule has 3 saturated carbocycles. The van der Waals surface area contributed by atoms with Crippen LogP contribution in [0.25, 0.3) is 0 Å². The molecule has 3 nitrogen and oxygen atoms in total. The average molecular weight is 389 g/mol. The number of allylic oxidation sites excluding steroid dienone is 1. The van der Waals surface area contributed by atoms with Crippen molar-refractivity contribution in [1.29, 1.82) is 0 Å². The van der Waals surface area contributed by atoms with Gasteiger partial charge in [-0.1, -0.05) is 39.3 Å².